The number of hydrogen-bond donors (Lipinski definition) is 2. The third-order valence-corrected chi connectivity index (χ3v) is 7.26. The van der Waals surface area contributed by atoms with E-state index in [1.807, 2.05) is 6.92 Å². The summed E-state index contributed by atoms with van der Waals surface area (Å²) in [5.74, 6) is -0.835. The van der Waals surface area contributed by atoms with Gasteiger partial charge in [0.05, 0.1) is 17.0 Å². The molecule has 8 nitrogen and oxygen atoms in total. The van der Waals surface area contributed by atoms with Gasteiger partial charge in [0.25, 0.3) is 10.1 Å². The largest absolute Gasteiger partial charge is 0.675 e. The summed E-state index contributed by atoms with van der Waals surface area (Å²) in [4.78, 5) is 10.9. The Kier molecular flexibility index (Phi) is 5.51. The van der Waals surface area contributed by atoms with E-state index in [1.165, 1.54) is 10.8 Å². The zero-order chi connectivity index (χ0) is 22.6. The fraction of sp³-hybridized carbons (Fsp3) is 0.579. The molecule has 0 unspecified atom stereocenters. The summed E-state index contributed by atoms with van der Waals surface area (Å²) in [6.07, 6.45) is 1.58. The number of imidazole rings is 1. The summed E-state index contributed by atoms with van der Waals surface area (Å²) in [6.45, 7) is 1.97. The van der Waals surface area contributed by atoms with Gasteiger partial charge < -0.3 is 15.3 Å². The fourth-order valence-electron chi connectivity index (χ4n) is 4.34. The molecule has 3 heterocycles. The van der Waals surface area contributed by atoms with Crippen LogP contribution in [0.3, 0.4) is 0 Å². The highest BCUT2D eigenvalue weighted by Crippen LogP contribution is 2.45. The van der Waals surface area contributed by atoms with Crippen LogP contribution in [0.2, 0.25) is 0 Å². The Morgan fingerprint density at radius 2 is 2.03 bits per heavy atom. The molecule has 12 heteroatoms. The molecule has 0 saturated heterocycles. The molecule has 170 valence electrons. The van der Waals surface area contributed by atoms with Gasteiger partial charge in [-0.1, -0.05) is 19.8 Å². The number of H-pyrrole nitrogens is 1. The molecule has 5 rings (SSSR count). The number of nitrogens with zero attached hydrogens (tertiary/aromatic N) is 3. The number of hydrogen-bond acceptors (Lipinski definition) is 4. The zero-order valence-electron chi connectivity index (χ0n) is 16.7. The highest BCUT2D eigenvalue weighted by Gasteiger charge is 2.42. The van der Waals surface area contributed by atoms with Crippen molar-refractivity contribution < 1.29 is 26.1 Å². The van der Waals surface area contributed by atoms with Crippen LogP contribution in [-0.2, 0) is 16.3 Å². The van der Waals surface area contributed by atoms with Gasteiger partial charge in [-0.25, -0.2) is 9.97 Å². The third kappa shape index (κ3) is 4.28. The number of fused-ring (bicyclic) bond motifs is 3. The standard InChI is InChI=1S/C16H17F3N5.C3H6O3S/c1-2-8-5-9(20)6-12(8)24-13-10-3-4-21-14(10)22-7-11(13)23-15(24)16(17,18)19;4-7(5,6)3-1-2-3/h3-4,7-9,12,20H,2,5-6H2,1H3,(H,21,22);3H,1-2H2,(H,4,5,6)/q-1;/t8-,9+,12+;/m1./s1. The van der Waals surface area contributed by atoms with Crippen LogP contribution in [0.5, 0.6) is 0 Å². The minimum atomic E-state index is -4.54. The number of alkyl halides is 3. The van der Waals surface area contributed by atoms with E-state index in [0.29, 0.717) is 42.2 Å². The Hall–Kier alpha value is -2.18. The maximum Gasteiger partial charge on any atom is 0.449 e. The number of nitrogens with one attached hydrogen (secondary N) is 2. The lowest BCUT2D eigenvalue weighted by molar-refractivity contribution is -0.147. The maximum atomic E-state index is 13.6. The van der Waals surface area contributed by atoms with Crippen molar-refractivity contribution in [1.82, 2.24) is 19.5 Å². The van der Waals surface area contributed by atoms with Crippen LogP contribution in [0.1, 0.15) is 50.9 Å². The monoisotopic (exact) mass is 458 g/mol. The zero-order valence-corrected chi connectivity index (χ0v) is 17.5. The molecule has 2 saturated carbocycles. The van der Waals surface area contributed by atoms with Crippen LogP contribution in [0.15, 0.2) is 18.5 Å². The summed E-state index contributed by atoms with van der Waals surface area (Å²) in [6, 6.07) is 1.04. The molecule has 31 heavy (non-hydrogen) atoms. The van der Waals surface area contributed by atoms with Crippen molar-refractivity contribution in [3.8, 4) is 0 Å². The first-order valence-electron chi connectivity index (χ1n) is 10.1. The smallest absolute Gasteiger partial charge is 0.449 e. The molecule has 0 bridgehead atoms. The first-order chi connectivity index (χ1) is 14.5. The van der Waals surface area contributed by atoms with Gasteiger partial charge in [-0.3, -0.25) is 4.55 Å². The minimum Gasteiger partial charge on any atom is -0.675 e. The quantitative estimate of drug-likeness (QED) is 0.548. The van der Waals surface area contributed by atoms with Crippen LogP contribution in [0.25, 0.3) is 27.8 Å². The van der Waals surface area contributed by atoms with E-state index >= 15 is 0 Å². The molecule has 0 aliphatic heterocycles. The van der Waals surface area contributed by atoms with Crippen molar-refractivity contribution in [3.63, 3.8) is 0 Å². The first kappa shape index (κ1) is 22.0. The van der Waals surface area contributed by atoms with Crippen LogP contribution in [0.4, 0.5) is 13.2 Å². The second-order valence-electron chi connectivity index (χ2n) is 8.15. The van der Waals surface area contributed by atoms with Crippen molar-refractivity contribution >= 4 is 32.2 Å². The number of rotatable bonds is 3. The van der Waals surface area contributed by atoms with Gasteiger partial charge in [-0.2, -0.15) is 21.6 Å². The van der Waals surface area contributed by atoms with Gasteiger partial charge in [0, 0.05) is 17.6 Å². The molecule has 0 amide bonds. The topological polar surface area (TPSA) is 125 Å². The second-order valence-corrected chi connectivity index (χ2v) is 9.85. The lowest BCUT2D eigenvalue weighted by Crippen LogP contribution is -2.21. The van der Waals surface area contributed by atoms with Crippen LogP contribution < -0.4 is 0 Å². The number of pyridine rings is 1. The summed E-state index contributed by atoms with van der Waals surface area (Å²) in [5.41, 5.74) is 9.29. The SMILES string of the molecule is CC[C@@H]1C[C@H]([NH-])C[C@@H]1n1c(C(F)(F)F)nc2cnc3[nH]ccc3c21.O=S(=O)(O)C1CC1. The molecule has 0 aromatic carbocycles. The Balaban J connectivity index is 0.000000282. The van der Waals surface area contributed by atoms with E-state index in [1.54, 1.807) is 12.3 Å². The van der Waals surface area contributed by atoms with E-state index in [9.17, 15) is 21.6 Å². The predicted octanol–water partition coefficient (Wildman–Crippen LogP) is 4.75. The summed E-state index contributed by atoms with van der Waals surface area (Å²) < 4.78 is 70.3. The molecule has 2 fully saturated rings. The van der Waals surface area contributed by atoms with E-state index < -0.39 is 27.4 Å². The molecule has 3 aromatic rings. The van der Waals surface area contributed by atoms with Crippen molar-refractivity contribution in [2.45, 2.75) is 62.5 Å². The highest BCUT2D eigenvalue weighted by molar-refractivity contribution is 7.86. The van der Waals surface area contributed by atoms with Crippen LogP contribution in [-0.4, -0.2) is 43.8 Å². The summed E-state index contributed by atoms with van der Waals surface area (Å²) in [5, 5.41) is 0.214. The maximum absolute atomic E-state index is 13.6. The summed E-state index contributed by atoms with van der Waals surface area (Å²) >= 11 is 0. The van der Waals surface area contributed by atoms with E-state index in [4.69, 9.17) is 10.3 Å². The predicted molar refractivity (Wildman–Crippen MR) is 109 cm³/mol. The molecular formula is C19H23F3N5O3S-. The van der Waals surface area contributed by atoms with E-state index in [-0.39, 0.29) is 23.5 Å². The first-order valence-corrected chi connectivity index (χ1v) is 11.6. The second kappa shape index (κ2) is 7.75. The van der Waals surface area contributed by atoms with Gasteiger partial charge >= 0.3 is 6.18 Å². The van der Waals surface area contributed by atoms with Gasteiger partial charge in [0.1, 0.15) is 11.2 Å². The molecular weight excluding hydrogens is 435 g/mol. The van der Waals surface area contributed by atoms with E-state index in [2.05, 4.69) is 15.0 Å². The average Bonchev–Trinajstić information content (AvgIpc) is 3.16. The number of aromatic nitrogens is 4. The summed E-state index contributed by atoms with van der Waals surface area (Å²) in [7, 11) is -3.63. The van der Waals surface area contributed by atoms with Crippen molar-refractivity contribution in [2.75, 3.05) is 0 Å². The third-order valence-electron chi connectivity index (χ3n) is 5.95. The Morgan fingerprint density at radius 3 is 2.58 bits per heavy atom. The normalized spacial score (nSPS) is 24.5. The van der Waals surface area contributed by atoms with Crippen molar-refractivity contribution in [1.29, 1.82) is 0 Å². The molecule has 0 radical (unpaired) electrons. The molecule has 3 aromatic heterocycles. The van der Waals surface area contributed by atoms with Gasteiger partial charge in [0.2, 0.25) is 5.82 Å². The van der Waals surface area contributed by atoms with E-state index in [0.717, 1.165) is 6.42 Å². The highest BCUT2D eigenvalue weighted by atomic mass is 32.2. The molecule has 2 aliphatic carbocycles. The molecule has 3 N–H and O–H groups in total. The Bertz CT molecular complexity index is 1200. The van der Waals surface area contributed by atoms with Gasteiger partial charge in [-0.15, -0.1) is 6.04 Å². The molecule has 0 spiro atoms. The minimum absolute atomic E-state index is 0.0492. The lowest BCUT2D eigenvalue weighted by Gasteiger charge is -2.24. The number of halogens is 3. The molecule has 2 aliphatic rings. The Morgan fingerprint density at radius 1 is 1.32 bits per heavy atom. The van der Waals surface area contributed by atoms with Crippen molar-refractivity contribution in [3.05, 3.63) is 30.0 Å². The average molecular weight is 458 g/mol. The molecule has 3 atom stereocenters. The Labute approximate surface area is 176 Å². The number of aromatic amines is 1. The van der Waals surface area contributed by atoms with Crippen molar-refractivity contribution in [2.24, 2.45) is 5.92 Å². The van der Waals surface area contributed by atoms with Crippen LogP contribution >= 0.6 is 0 Å². The fourth-order valence-corrected chi connectivity index (χ4v) is 5.07. The lowest BCUT2D eigenvalue weighted by atomic mass is 10.00. The van der Waals surface area contributed by atoms with Crippen LogP contribution in [0, 0.1) is 5.92 Å². The van der Waals surface area contributed by atoms with Gasteiger partial charge in [-0.05, 0) is 31.2 Å². The van der Waals surface area contributed by atoms with Gasteiger partial charge in [0.15, 0.2) is 0 Å².